The van der Waals surface area contributed by atoms with Gasteiger partial charge in [0.15, 0.2) is 0 Å². The van der Waals surface area contributed by atoms with Crippen molar-refractivity contribution in [2.45, 2.75) is 45.8 Å². The van der Waals surface area contributed by atoms with Crippen molar-refractivity contribution in [3.63, 3.8) is 0 Å². The van der Waals surface area contributed by atoms with Crippen molar-refractivity contribution in [3.05, 3.63) is 23.8 Å². The normalized spacial score (nSPS) is 32.6. The highest BCUT2D eigenvalue weighted by Crippen LogP contribution is 2.41. The van der Waals surface area contributed by atoms with Crippen LogP contribution in [0.4, 0.5) is 0 Å². The first kappa shape index (κ1) is 16.7. The summed E-state index contributed by atoms with van der Waals surface area (Å²) in [6.45, 7) is 9.40. The van der Waals surface area contributed by atoms with Crippen LogP contribution in [-0.2, 0) is 19.1 Å². The predicted octanol–water partition coefficient (Wildman–Crippen LogP) is 2.00. The lowest BCUT2D eigenvalue weighted by Gasteiger charge is -2.29. The maximum Gasteiger partial charge on any atom is 0.334 e. The van der Waals surface area contributed by atoms with Crippen molar-refractivity contribution in [3.8, 4) is 0 Å². The number of aliphatic hydroxyl groups excluding tert-OH is 1. The fourth-order valence-electron chi connectivity index (χ4n) is 3.59. The zero-order valence-corrected chi connectivity index (χ0v) is 13.4. The maximum atomic E-state index is 11.6. The Morgan fingerprint density at radius 2 is 2.27 bits per heavy atom. The molecule has 5 nitrogen and oxygen atoms in total. The largest absolute Gasteiger partial charge is 0.466 e. The van der Waals surface area contributed by atoms with Gasteiger partial charge in [-0.25, -0.2) is 4.79 Å². The summed E-state index contributed by atoms with van der Waals surface area (Å²) in [4.78, 5) is 22.4. The SMILES string of the molecule is C=C1C(=O)OC2CC(C)C(C(O)CCOC(C)=O)C(C)=CC12. The lowest BCUT2D eigenvalue weighted by molar-refractivity contribution is -0.141. The zero-order chi connectivity index (χ0) is 16.4. The average Bonchev–Trinajstić information content (AvgIpc) is 2.59. The molecule has 122 valence electrons. The highest BCUT2D eigenvalue weighted by molar-refractivity contribution is 5.91. The molecule has 0 saturated carbocycles. The van der Waals surface area contributed by atoms with Crippen molar-refractivity contribution in [1.29, 1.82) is 0 Å². The van der Waals surface area contributed by atoms with Crippen LogP contribution in [0, 0.1) is 17.8 Å². The smallest absolute Gasteiger partial charge is 0.334 e. The van der Waals surface area contributed by atoms with Gasteiger partial charge in [0.2, 0.25) is 0 Å². The molecule has 0 aromatic carbocycles. The summed E-state index contributed by atoms with van der Waals surface area (Å²) in [6.07, 6.45) is 2.32. The number of ether oxygens (including phenoxy) is 2. The van der Waals surface area contributed by atoms with Gasteiger partial charge in [-0.2, -0.15) is 0 Å². The highest BCUT2D eigenvalue weighted by atomic mass is 16.6. The second-order valence-corrected chi connectivity index (χ2v) is 6.34. The van der Waals surface area contributed by atoms with E-state index in [-0.39, 0.29) is 42.4 Å². The van der Waals surface area contributed by atoms with Crippen LogP contribution in [0.1, 0.15) is 33.6 Å². The molecule has 5 atom stereocenters. The molecule has 2 rings (SSSR count). The van der Waals surface area contributed by atoms with Crippen LogP contribution in [0.5, 0.6) is 0 Å². The molecule has 0 radical (unpaired) electrons. The minimum Gasteiger partial charge on any atom is -0.466 e. The van der Waals surface area contributed by atoms with Gasteiger partial charge in [-0.15, -0.1) is 0 Å². The summed E-state index contributed by atoms with van der Waals surface area (Å²) < 4.78 is 10.3. The molecule has 1 fully saturated rings. The molecule has 1 aliphatic heterocycles. The zero-order valence-electron chi connectivity index (χ0n) is 13.4. The maximum absolute atomic E-state index is 11.6. The number of esters is 2. The Morgan fingerprint density at radius 3 is 2.91 bits per heavy atom. The number of hydrogen-bond donors (Lipinski definition) is 1. The molecule has 1 heterocycles. The number of aliphatic hydroxyl groups is 1. The lowest BCUT2D eigenvalue weighted by Crippen LogP contribution is -2.30. The Labute approximate surface area is 131 Å². The third-order valence-electron chi connectivity index (χ3n) is 4.64. The van der Waals surface area contributed by atoms with E-state index in [2.05, 4.69) is 6.58 Å². The van der Waals surface area contributed by atoms with Gasteiger partial charge < -0.3 is 14.6 Å². The van der Waals surface area contributed by atoms with E-state index in [0.29, 0.717) is 18.4 Å². The van der Waals surface area contributed by atoms with Gasteiger partial charge in [0.1, 0.15) is 6.10 Å². The minimum atomic E-state index is -0.589. The fourth-order valence-corrected chi connectivity index (χ4v) is 3.59. The first-order valence-corrected chi connectivity index (χ1v) is 7.70. The third kappa shape index (κ3) is 3.40. The molecule has 5 unspecified atom stereocenters. The standard InChI is InChI=1S/C17H24O5/c1-9-7-13-11(3)17(20)22-15(13)8-10(2)16(9)14(19)5-6-21-12(4)18/h7,10,13-16,19H,3,5-6,8H2,1-2,4H3. The Balaban J connectivity index is 2.10. The van der Waals surface area contributed by atoms with E-state index in [0.717, 1.165) is 5.57 Å². The molecule has 5 heteroatoms. The second kappa shape index (κ2) is 6.65. The van der Waals surface area contributed by atoms with Crippen molar-refractivity contribution < 1.29 is 24.2 Å². The minimum absolute atomic E-state index is 0.0346. The van der Waals surface area contributed by atoms with Gasteiger partial charge in [0, 0.05) is 30.8 Å². The van der Waals surface area contributed by atoms with Crippen molar-refractivity contribution >= 4 is 11.9 Å². The van der Waals surface area contributed by atoms with Gasteiger partial charge >= 0.3 is 11.9 Å². The molecule has 0 aromatic rings. The fraction of sp³-hybridized carbons (Fsp3) is 0.647. The summed E-state index contributed by atoms with van der Waals surface area (Å²) in [5.41, 5.74) is 1.53. The van der Waals surface area contributed by atoms with Crippen LogP contribution >= 0.6 is 0 Å². The molecule has 22 heavy (non-hydrogen) atoms. The predicted molar refractivity (Wildman–Crippen MR) is 80.8 cm³/mol. The van der Waals surface area contributed by atoms with Crippen LogP contribution in [0.25, 0.3) is 0 Å². The van der Waals surface area contributed by atoms with E-state index in [9.17, 15) is 14.7 Å². The molecule has 0 bridgehead atoms. The van der Waals surface area contributed by atoms with Gasteiger partial charge in [-0.1, -0.05) is 25.2 Å². The molecular formula is C17H24O5. The Hall–Kier alpha value is -1.62. The van der Waals surface area contributed by atoms with E-state index in [1.54, 1.807) is 0 Å². The summed E-state index contributed by atoms with van der Waals surface area (Å²) in [6, 6.07) is 0. The summed E-state index contributed by atoms with van der Waals surface area (Å²) in [5, 5.41) is 10.5. The molecule has 1 aliphatic carbocycles. The average molecular weight is 308 g/mol. The molecule has 1 saturated heterocycles. The van der Waals surface area contributed by atoms with Crippen molar-refractivity contribution in [2.24, 2.45) is 17.8 Å². The van der Waals surface area contributed by atoms with Gasteiger partial charge in [0.05, 0.1) is 12.7 Å². The molecule has 0 amide bonds. The number of rotatable bonds is 4. The van der Waals surface area contributed by atoms with E-state index >= 15 is 0 Å². The van der Waals surface area contributed by atoms with Gasteiger partial charge in [-0.05, 0) is 19.3 Å². The number of hydrogen-bond acceptors (Lipinski definition) is 5. The Kier molecular flexibility index (Phi) is 5.06. The quantitative estimate of drug-likeness (QED) is 0.488. The first-order chi connectivity index (χ1) is 10.3. The Bertz CT molecular complexity index is 507. The Morgan fingerprint density at radius 1 is 1.59 bits per heavy atom. The summed E-state index contributed by atoms with van der Waals surface area (Å²) in [7, 11) is 0. The highest BCUT2D eigenvalue weighted by Gasteiger charge is 2.42. The topological polar surface area (TPSA) is 72.8 Å². The van der Waals surface area contributed by atoms with Gasteiger partial charge in [0.25, 0.3) is 0 Å². The lowest BCUT2D eigenvalue weighted by atomic mass is 9.81. The molecule has 0 aromatic heterocycles. The summed E-state index contributed by atoms with van der Waals surface area (Å²) >= 11 is 0. The van der Waals surface area contributed by atoms with Crippen LogP contribution in [-0.4, -0.2) is 35.9 Å². The van der Waals surface area contributed by atoms with E-state index in [1.165, 1.54) is 6.92 Å². The molecule has 0 spiro atoms. The second-order valence-electron chi connectivity index (χ2n) is 6.34. The van der Waals surface area contributed by atoms with E-state index in [4.69, 9.17) is 9.47 Å². The van der Waals surface area contributed by atoms with E-state index < -0.39 is 6.10 Å². The third-order valence-corrected chi connectivity index (χ3v) is 4.64. The van der Waals surface area contributed by atoms with Crippen LogP contribution < -0.4 is 0 Å². The molecular weight excluding hydrogens is 284 g/mol. The van der Waals surface area contributed by atoms with Crippen LogP contribution in [0.15, 0.2) is 23.8 Å². The first-order valence-electron chi connectivity index (χ1n) is 7.70. The number of fused-ring (bicyclic) bond motifs is 1. The van der Waals surface area contributed by atoms with Crippen molar-refractivity contribution in [1.82, 2.24) is 0 Å². The number of carbonyl (C=O) groups excluding carboxylic acids is 2. The monoisotopic (exact) mass is 308 g/mol. The van der Waals surface area contributed by atoms with Crippen LogP contribution in [0.2, 0.25) is 0 Å². The number of carbonyl (C=O) groups is 2. The molecule has 2 aliphatic rings. The van der Waals surface area contributed by atoms with Gasteiger partial charge in [-0.3, -0.25) is 4.79 Å². The van der Waals surface area contributed by atoms with E-state index in [1.807, 2.05) is 19.9 Å². The van der Waals surface area contributed by atoms with Crippen LogP contribution in [0.3, 0.4) is 0 Å². The summed E-state index contributed by atoms with van der Waals surface area (Å²) in [5.74, 6) is -0.628. The van der Waals surface area contributed by atoms with Crippen molar-refractivity contribution in [2.75, 3.05) is 6.61 Å². The molecule has 1 N–H and O–H groups in total.